The van der Waals surface area contributed by atoms with E-state index in [0.29, 0.717) is 16.5 Å². The molecule has 128 valence electrons. The molecule has 0 aliphatic carbocycles. The van der Waals surface area contributed by atoms with Crippen LogP contribution >= 0.6 is 11.6 Å². The van der Waals surface area contributed by atoms with Gasteiger partial charge in [0.2, 0.25) is 5.91 Å². The number of ether oxygens (including phenoxy) is 1. The van der Waals surface area contributed by atoms with Crippen LogP contribution in [-0.4, -0.2) is 36.2 Å². The minimum Gasteiger partial charge on any atom is -0.495 e. The summed E-state index contributed by atoms with van der Waals surface area (Å²) in [4.78, 5) is 14.5. The molecule has 0 unspecified atom stereocenters. The second-order valence-electron chi connectivity index (χ2n) is 5.88. The number of methoxy groups -OCH3 is 1. The molecule has 0 radical (unpaired) electrons. The van der Waals surface area contributed by atoms with E-state index >= 15 is 0 Å². The average Bonchev–Trinajstić information content (AvgIpc) is 3.16. The fourth-order valence-corrected chi connectivity index (χ4v) is 3.22. The molecule has 24 heavy (non-hydrogen) atoms. The molecule has 2 aromatic rings. The summed E-state index contributed by atoms with van der Waals surface area (Å²) in [6.45, 7) is 3.01. The summed E-state index contributed by atoms with van der Waals surface area (Å²) in [6.07, 6.45) is 2.00. The smallest absolute Gasteiger partial charge is 0.238 e. The Morgan fingerprint density at radius 1 is 1.50 bits per heavy atom. The molecule has 2 heterocycles. The topological polar surface area (TPSA) is 67.6 Å². The van der Waals surface area contributed by atoms with Crippen LogP contribution in [0.5, 0.6) is 5.75 Å². The summed E-state index contributed by atoms with van der Waals surface area (Å²) in [7, 11) is 1.56. The molecule has 3 rings (SSSR count). The van der Waals surface area contributed by atoms with Crippen molar-refractivity contribution in [3.05, 3.63) is 40.7 Å². The molecule has 1 aliphatic rings. The van der Waals surface area contributed by atoms with Crippen molar-refractivity contribution in [2.24, 2.45) is 0 Å². The van der Waals surface area contributed by atoms with Crippen LogP contribution in [0.1, 0.15) is 30.3 Å². The van der Waals surface area contributed by atoms with Crippen LogP contribution in [0.2, 0.25) is 5.02 Å². The van der Waals surface area contributed by atoms with Gasteiger partial charge in [0.1, 0.15) is 17.2 Å². The SMILES string of the molecule is COc1ccc(Cl)cc1NC(=O)CN1CCC[C@@H]1c1cc(C)on1. The Labute approximate surface area is 145 Å². The van der Waals surface area contributed by atoms with Gasteiger partial charge in [0.25, 0.3) is 0 Å². The number of likely N-dealkylation sites (tertiary alicyclic amines) is 1. The Kier molecular flexibility index (Phi) is 5.06. The summed E-state index contributed by atoms with van der Waals surface area (Å²) in [5.74, 6) is 1.26. The van der Waals surface area contributed by atoms with E-state index in [4.69, 9.17) is 20.9 Å². The first kappa shape index (κ1) is 16.8. The van der Waals surface area contributed by atoms with Crippen molar-refractivity contribution < 1.29 is 14.1 Å². The number of carbonyl (C=O) groups excluding carboxylic acids is 1. The quantitative estimate of drug-likeness (QED) is 0.895. The molecule has 1 aromatic carbocycles. The Morgan fingerprint density at radius 3 is 3.04 bits per heavy atom. The van der Waals surface area contributed by atoms with Gasteiger partial charge in [-0.15, -0.1) is 0 Å². The van der Waals surface area contributed by atoms with Crippen molar-refractivity contribution in [1.29, 1.82) is 0 Å². The first-order chi connectivity index (χ1) is 11.6. The van der Waals surface area contributed by atoms with Crippen LogP contribution in [-0.2, 0) is 4.79 Å². The number of aryl methyl sites for hydroxylation is 1. The molecule has 6 nitrogen and oxygen atoms in total. The van der Waals surface area contributed by atoms with Gasteiger partial charge in [0, 0.05) is 11.1 Å². The van der Waals surface area contributed by atoms with E-state index < -0.39 is 0 Å². The standard InChI is InChI=1S/C17H20ClN3O3/c1-11-8-13(20-24-11)15-4-3-7-21(15)10-17(22)19-14-9-12(18)5-6-16(14)23-2/h5-6,8-9,15H,3-4,7,10H2,1-2H3,(H,19,22)/t15-/m1/s1. The van der Waals surface area contributed by atoms with Crippen LogP contribution in [0.25, 0.3) is 0 Å². The van der Waals surface area contributed by atoms with E-state index in [9.17, 15) is 4.79 Å². The molecular formula is C17H20ClN3O3. The van der Waals surface area contributed by atoms with Crippen LogP contribution < -0.4 is 10.1 Å². The first-order valence-electron chi connectivity index (χ1n) is 7.87. The fraction of sp³-hybridized carbons (Fsp3) is 0.412. The molecule has 1 aromatic heterocycles. The molecule has 1 aliphatic heterocycles. The lowest BCUT2D eigenvalue weighted by molar-refractivity contribution is -0.117. The number of nitrogens with zero attached hydrogens (tertiary/aromatic N) is 2. The first-order valence-corrected chi connectivity index (χ1v) is 8.25. The molecule has 0 bridgehead atoms. The van der Waals surface area contributed by atoms with Crippen LogP contribution in [0.15, 0.2) is 28.8 Å². The largest absolute Gasteiger partial charge is 0.495 e. The van der Waals surface area contributed by atoms with E-state index in [-0.39, 0.29) is 18.5 Å². The zero-order chi connectivity index (χ0) is 17.1. The van der Waals surface area contributed by atoms with Crippen LogP contribution in [0.3, 0.4) is 0 Å². The fourth-order valence-electron chi connectivity index (χ4n) is 3.05. The molecule has 7 heteroatoms. The summed E-state index contributed by atoms with van der Waals surface area (Å²) >= 11 is 6.00. The second-order valence-corrected chi connectivity index (χ2v) is 6.32. The van der Waals surface area contributed by atoms with E-state index in [1.54, 1.807) is 25.3 Å². The van der Waals surface area contributed by atoms with Crippen molar-refractivity contribution in [3.63, 3.8) is 0 Å². The normalized spacial score (nSPS) is 17.9. The maximum absolute atomic E-state index is 12.4. The van der Waals surface area contributed by atoms with Gasteiger partial charge < -0.3 is 14.6 Å². The van der Waals surface area contributed by atoms with Crippen molar-refractivity contribution in [3.8, 4) is 5.75 Å². The number of aromatic nitrogens is 1. The van der Waals surface area contributed by atoms with Crippen molar-refractivity contribution in [1.82, 2.24) is 10.1 Å². The third kappa shape index (κ3) is 3.71. The monoisotopic (exact) mass is 349 g/mol. The Morgan fingerprint density at radius 2 is 2.33 bits per heavy atom. The Hall–Kier alpha value is -2.05. The molecular weight excluding hydrogens is 330 g/mol. The predicted octanol–water partition coefficient (Wildman–Crippen LogP) is 3.42. The van der Waals surface area contributed by atoms with Crippen molar-refractivity contribution >= 4 is 23.2 Å². The van der Waals surface area contributed by atoms with Crippen molar-refractivity contribution in [2.75, 3.05) is 25.5 Å². The minimum absolute atomic E-state index is 0.109. The highest BCUT2D eigenvalue weighted by Crippen LogP contribution is 2.32. The van der Waals surface area contributed by atoms with Gasteiger partial charge in [-0.3, -0.25) is 9.69 Å². The lowest BCUT2D eigenvalue weighted by Crippen LogP contribution is -2.33. The third-order valence-electron chi connectivity index (χ3n) is 4.13. The molecule has 1 fully saturated rings. The van der Waals surface area contributed by atoms with Gasteiger partial charge in [-0.25, -0.2) is 0 Å². The maximum Gasteiger partial charge on any atom is 0.238 e. The highest BCUT2D eigenvalue weighted by atomic mass is 35.5. The summed E-state index contributed by atoms with van der Waals surface area (Å²) in [5.41, 5.74) is 1.46. The van der Waals surface area contributed by atoms with Gasteiger partial charge in [0.15, 0.2) is 0 Å². The lowest BCUT2D eigenvalue weighted by atomic mass is 10.1. The van der Waals surface area contributed by atoms with Crippen LogP contribution in [0.4, 0.5) is 5.69 Å². The average molecular weight is 350 g/mol. The molecule has 1 saturated heterocycles. The molecule has 0 saturated carbocycles. The minimum atomic E-state index is -0.109. The number of hydrogen-bond acceptors (Lipinski definition) is 5. The lowest BCUT2D eigenvalue weighted by Gasteiger charge is -2.22. The van der Waals surface area contributed by atoms with Gasteiger partial charge in [-0.1, -0.05) is 16.8 Å². The zero-order valence-electron chi connectivity index (χ0n) is 13.7. The summed E-state index contributed by atoms with van der Waals surface area (Å²) in [5, 5.41) is 7.51. The number of halogens is 1. The highest BCUT2D eigenvalue weighted by Gasteiger charge is 2.30. The van der Waals surface area contributed by atoms with E-state index in [0.717, 1.165) is 30.8 Å². The zero-order valence-corrected chi connectivity index (χ0v) is 14.5. The van der Waals surface area contributed by atoms with E-state index in [1.165, 1.54) is 0 Å². The van der Waals surface area contributed by atoms with Crippen molar-refractivity contribution in [2.45, 2.75) is 25.8 Å². The van der Waals surface area contributed by atoms with E-state index in [2.05, 4.69) is 15.4 Å². The Balaban J connectivity index is 1.67. The van der Waals surface area contributed by atoms with E-state index in [1.807, 2.05) is 13.0 Å². The number of carbonyl (C=O) groups is 1. The number of rotatable bonds is 5. The van der Waals surface area contributed by atoms with Gasteiger partial charge in [-0.05, 0) is 44.5 Å². The number of benzene rings is 1. The van der Waals surface area contributed by atoms with Gasteiger partial charge in [-0.2, -0.15) is 0 Å². The van der Waals surface area contributed by atoms with Crippen LogP contribution in [0, 0.1) is 6.92 Å². The predicted molar refractivity (Wildman–Crippen MR) is 91.4 cm³/mol. The van der Waals surface area contributed by atoms with Gasteiger partial charge >= 0.3 is 0 Å². The summed E-state index contributed by atoms with van der Waals surface area (Å²) in [6, 6.07) is 7.19. The molecule has 0 spiro atoms. The molecule has 1 atom stereocenters. The molecule has 1 N–H and O–H groups in total. The Bertz CT molecular complexity index is 732. The maximum atomic E-state index is 12.4. The third-order valence-corrected chi connectivity index (χ3v) is 4.37. The second kappa shape index (κ2) is 7.23. The molecule has 1 amide bonds. The number of amides is 1. The van der Waals surface area contributed by atoms with Gasteiger partial charge in [0.05, 0.1) is 25.4 Å². The highest BCUT2D eigenvalue weighted by molar-refractivity contribution is 6.31. The number of hydrogen-bond donors (Lipinski definition) is 1. The number of nitrogens with one attached hydrogen (secondary N) is 1. The number of anilines is 1. The summed E-state index contributed by atoms with van der Waals surface area (Å²) < 4.78 is 10.4.